The van der Waals surface area contributed by atoms with Gasteiger partial charge < -0.3 is 10.6 Å². The first kappa shape index (κ1) is 62.9. The van der Waals surface area contributed by atoms with E-state index in [1.54, 1.807) is 0 Å². The van der Waals surface area contributed by atoms with E-state index in [9.17, 15) is 0 Å². The maximum Gasteiger partial charge on any atom is 0.0748 e. The van der Waals surface area contributed by atoms with Crippen LogP contribution in [0.3, 0.4) is 0 Å². The summed E-state index contributed by atoms with van der Waals surface area (Å²) in [5, 5.41) is 6.36. The fraction of sp³-hybridized carbons (Fsp3) is 1.00. The van der Waals surface area contributed by atoms with Crippen LogP contribution in [0.5, 0.6) is 0 Å². The number of rotatable bonds is 62. The highest BCUT2D eigenvalue weighted by atomic mass is 16.0. The van der Waals surface area contributed by atoms with E-state index in [0.29, 0.717) is 79.5 Å². The Bertz CT molecular complexity index is 736. The molecule has 65 heavy (non-hydrogen) atoms. The van der Waals surface area contributed by atoms with Crippen LogP contribution in [0.2, 0.25) is 0 Å². The molecule has 53 nitrogen and oxygen atoms in total. The quantitative estimate of drug-likeness (QED) is 0.0116. The minimum absolute atomic E-state index is 0.333. The van der Waals surface area contributed by atoms with Gasteiger partial charge in [-0.05, 0) is 0 Å². The third-order valence-electron chi connectivity index (χ3n) is 5.27. The van der Waals surface area contributed by atoms with E-state index in [-0.39, 0.29) is 0 Å². The lowest BCUT2D eigenvalue weighted by atomic mass is 10.6. The van der Waals surface area contributed by atoms with Crippen LogP contribution >= 0.6 is 0 Å². The van der Waals surface area contributed by atoms with Gasteiger partial charge in [-0.3, -0.25) is 11.7 Å². The van der Waals surface area contributed by atoms with Crippen LogP contribution in [0.15, 0.2) is 0 Å². The molecule has 0 rings (SSSR count). The lowest BCUT2D eigenvalue weighted by molar-refractivity contribution is 0.200. The van der Waals surface area contributed by atoms with Crippen molar-refractivity contribution in [2.45, 2.75) is 0 Å². The minimum atomic E-state index is 0.333. The summed E-state index contributed by atoms with van der Waals surface area (Å²) in [7, 11) is 0. The lowest BCUT2D eigenvalue weighted by Crippen LogP contribution is -2.68. The molecule has 0 unspecified atom stereocenters. The van der Waals surface area contributed by atoms with Gasteiger partial charge in [-0.15, -0.1) is 0 Å². The molecule has 0 saturated carbocycles. The molecule has 53 heteroatoms. The molecule has 0 radical (unpaired) electrons. The number of hydrazine groups is 42. The second-order valence-electron chi connectivity index (χ2n) is 9.91. The summed E-state index contributed by atoms with van der Waals surface area (Å²) in [5.41, 5.74) is 131. The van der Waals surface area contributed by atoms with Crippen molar-refractivity contribution in [1.82, 2.24) is 280 Å². The molecule has 0 heterocycles. The lowest BCUT2D eigenvalue weighted by Gasteiger charge is -2.15. The van der Waals surface area contributed by atoms with Crippen LogP contribution < -0.4 is 292 Å². The maximum absolute atomic E-state index is 5.09. The molecule has 0 aromatic heterocycles. The highest BCUT2D eigenvalue weighted by Gasteiger charge is 1.92. The average Bonchev–Trinajstić information content (AvgIpc) is 3.32. The number of nitrogens with two attached hydrogens (primary N) is 2. The fourth-order valence-corrected chi connectivity index (χ4v) is 2.80. The summed E-state index contributed by atoms with van der Waals surface area (Å²) >= 11 is 0. The average molecular weight is 966 g/mol. The molecular formula is C12H79N53. The van der Waals surface area contributed by atoms with E-state index in [1.807, 2.05) is 0 Å². The molecule has 0 aromatic carbocycles. The van der Waals surface area contributed by atoms with Gasteiger partial charge >= 0.3 is 0 Å². The van der Waals surface area contributed by atoms with Crippen LogP contribution in [-0.4, -0.2) is 79.5 Å². The van der Waals surface area contributed by atoms with Crippen molar-refractivity contribution < 1.29 is 0 Å². The second-order valence-corrected chi connectivity index (χ2v) is 9.91. The zero-order valence-electron chi connectivity index (χ0n) is 35.1. The Morgan fingerprint density at radius 2 is 0.400 bits per heavy atom. The molecule has 0 aromatic rings. The van der Waals surface area contributed by atoms with E-state index in [0.717, 1.165) is 0 Å². The van der Waals surface area contributed by atoms with Gasteiger partial charge in [-0.1, -0.05) is 0 Å². The first-order chi connectivity index (χ1) is 32.4. The van der Waals surface area contributed by atoms with Crippen LogP contribution in [0.25, 0.3) is 0 Å². The molecule has 392 valence electrons. The van der Waals surface area contributed by atoms with Gasteiger partial charge in [-0.25, -0.2) is 86.8 Å². The normalized spacial score (nSPS) is 11.7. The second kappa shape index (κ2) is 61.9. The Balaban J connectivity index is 3.06. The van der Waals surface area contributed by atoms with Gasteiger partial charge in [0.15, 0.2) is 0 Å². The number of nitrogens with one attached hydrogen (secondary N) is 51. The van der Waals surface area contributed by atoms with Crippen molar-refractivity contribution in [3.63, 3.8) is 0 Å². The standard InChI is InChI=1S/C12H79N53/c13-17-7-25-34-26-11-30-42-49-53-48-40-28-9-22-23-10-29-41-50-55-54-47-36-19-4-2-16-6-24-37-45-35-18-3-1-15-5-20-21-8-27-38-46-39-31-12-32-43-51-56-58-60-62-64-65-63-61-59-57-52-44-33-14/h15-65H,1-14H2. The van der Waals surface area contributed by atoms with Crippen molar-refractivity contribution in [2.75, 3.05) is 79.5 Å². The van der Waals surface area contributed by atoms with Gasteiger partial charge in [0, 0.05) is 26.2 Å². The molecule has 0 bridgehead atoms. The van der Waals surface area contributed by atoms with Crippen molar-refractivity contribution in [1.29, 1.82) is 0 Å². The van der Waals surface area contributed by atoms with E-state index in [2.05, 4.69) is 280 Å². The monoisotopic (exact) mass is 966 g/mol. The Hall–Kier alpha value is -2.12. The Kier molecular flexibility index (Phi) is 59.9. The van der Waals surface area contributed by atoms with Crippen LogP contribution in [0.1, 0.15) is 0 Å². The van der Waals surface area contributed by atoms with Crippen molar-refractivity contribution in [3.8, 4) is 0 Å². The Labute approximate surface area is 371 Å². The maximum atomic E-state index is 5.09. The number of hydrogen-bond donors (Lipinski definition) is 53. The molecule has 55 N–H and O–H groups in total. The fourth-order valence-electron chi connectivity index (χ4n) is 2.80. The topological polar surface area (TPSA) is 666 Å². The molecule has 0 fully saturated rings. The molecule has 0 aliphatic rings. The van der Waals surface area contributed by atoms with Crippen LogP contribution in [0.4, 0.5) is 0 Å². The highest BCUT2D eigenvalue weighted by Crippen LogP contribution is 1.54. The van der Waals surface area contributed by atoms with E-state index in [4.69, 9.17) is 11.7 Å². The Morgan fingerprint density at radius 3 is 0.754 bits per heavy atom. The summed E-state index contributed by atoms with van der Waals surface area (Å²) in [4.78, 5) is 0. The van der Waals surface area contributed by atoms with E-state index < -0.39 is 0 Å². The summed E-state index contributed by atoms with van der Waals surface area (Å²) < 4.78 is 0. The van der Waals surface area contributed by atoms with Gasteiger partial charge in [0.05, 0.1) is 53.3 Å². The SMILES string of the molecule is NNCNNNCNNNNNNNCNNCNNNNNNNNCCNCNNNNNCCNCNNCNNNNNCNNNNNNNNNNNNNNNNN. The molecule has 0 amide bonds. The van der Waals surface area contributed by atoms with Crippen LogP contribution in [-0.2, 0) is 0 Å². The zero-order valence-corrected chi connectivity index (χ0v) is 35.1. The van der Waals surface area contributed by atoms with Gasteiger partial charge in [0.25, 0.3) is 0 Å². The molecule has 0 spiro atoms. The van der Waals surface area contributed by atoms with Gasteiger partial charge in [-0.2, -0.15) is 183 Å². The molecular weight excluding hydrogens is 887 g/mol. The minimum Gasteiger partial charge on any atom is -0.302 e. The third-order valence-corrected chi connectivity index (χ3v) is 5.27. The van der Waals surface area contributed by atoms with Gasteiger partial charge in [0.1, 0.15) is 0 Å². The van der Waals surface area contributed by atoms with Crippen molar-refractivity contribution in [2.24, 2.45) is 11.7 Å². The summed E-state index contributed by atoms with van der Waals surface area (Å²) in [6.45, 7) is 6.05. The smallest absolute Gasteiger partial charge is 0.0748 e. The van der Waals surface area contributed by atoms with E-state index >= 15 is 0 Å². The predicted octanol–water partition coefficient (Wildman–Crippen LogP) is -25.9. The number of hydrogen-bond acceptors (Lipinski definition) is 53. The third kappa shape index (κ3) is 61.9. The summed E-state index contributed by atoms with van der Waals surface area (Å²) in [6.07, 6.45) is 0. The first-order valence-electron chi connectivity index (χ1n) is 18.6. The Morgan fingerprint density at radius 1 is 0.169 bits per heavy atom. The summed E-state index contributed by atoms with van der Waals surface area (Å²) in [6, 6.07) is 0. The van der Waals surface area contributed by atoms with Gasteiger partial charge in [0.2, 0.25) is 0 Å². The van der Waals surface area contributed by atoms with E-state index in [1.165, 1.54) is 0 Å². The molecule has 0 aliphatic heterocycles. The zero-order chi connectivity index (χ0) is 46.5. The largest absolute Gasteiger partial charge is 0.302 e. The highest BCUT2D eigenvalue weighted by molar-refractivity contribution is 4.47. The van der Waals surface area contributed by atoms with Crippen molar-refractivity contribution in [3.05, 3.63) is 0 Å². The van der Waals surface area contributed by atoms with Crippen LogP contribution in [0, 0.1) is 0 Å². The predicted molar refractivity (Wildman–Crippen MR) is 227 cm³/mol. The molecule has 0 aliphatic carbocycles. The molecule has 0 saturated heterocycles. The first-order valence-corrected chi connectivity index (χ1v) is 18.6. The molecule has 0 atom stereocenters. The summed E-state index contributed by atoms with van der Waals surface area (Å²) in [5.74, 6) is 10.0. The van der Waals surface area contributed by atoms with Crippen molar-refractivity contribution >= 4 is 0 Å².